The summed E-state index contributed by atoms with van der Waals surface area (Å²) in [5.41, 5.74) is 1.88. The summed E-state index contributed by atoms with van der Waals surface area (Å²) in [6.07, 6.45) is 9.13. The van der Waals surface area contributed by atoms with Gasteiger partial charge in [-0.3, -0.25) is 4.79 Å². The van der Waals surface area contributed by atoms with Gasteiger partial charge in [0.25, 0.3) is 0 Å². The standard InChI is InChI=1S/C22H34O5/c1-15-8-10-22(4)18(13-23)6-5-7-19(22)21(15,3)11-9-17(12-20(25)26)14-27-16(2)24/h6,12,15,19,23H,5,7-11,13-14H2,1-4H3,(H,25,26). The number of carbonyl (C=O) groups excluding carboxylic acids is 1. The van der Waals surface area contributed by atoms with E-state index in [4.69, 9.17) is 9.84 Å². The molecule has 2 aliphatic carbocycles. The lowest BCUT2D eigenvalue weighted by atomic mass is 9.47. The first-order valence-electron chi connectivity index (χ1n) is 9.99. The van der Waals surface area contributed by atoms with Crippen molar-refractivity contribution in [1.82, 2.24) is 0 Å². The van der Waals surface area contributed by atoms with Crippen LogP contribution in [0.15, 0.2) is 23.3 Å². The number of carboxylic acids is 1. The van der Waals surface area contributed by atoms with E-state index in [-0.39, 0.29) is 24.0 Å². The third-order valence-corrected chi connectivity index (χ3v) is 7.31. The zero-order chi connectivity index (χ0) is 20.2. The largest absolute Gasteiger partial charge is 0.478 e. The highest BCUT2D eigenvalue weighted by Crippen LogP contribution is 2.61. The van der Waals surface area contributed by atoms with Crippen molar-refractivity contribution in [3.05, 3.63) is 23.3 Å². The van der Waals surface area contributed by atoms with E-state index in [1.54, 1.807) is 0 Å². The molecule has 5 heteroatoms. The number of carbonyl (C=O) groups is 2. The van der Waals surface area contributed by atoms with E-state index in [1.165, 1.54) is 13.0 Å². The molecule has 0 heterocycles. The van der Waals surface area contributed by atoms with Crippen molar-refractivity contribution in [3.8, 4) is 0 Å². The molecule has 0 radical (unpaired) electrons. The van der Waals surface area contributed by atoms with Crippen molar-refractivity contribution in [2.24, 2.45) is 22.7 Å². The monoisotopic (exact) mass is 378 g/mol. The summed E-state index contributed by atoms with van der Waals surface area (Å²) in [4.78, 5) is 22.3. The summed E-state index contributed by atoms with van der Waals surface area (Å²) in [5, 5.41) is 19.0. The average Bonchev–Trinajstić information content (AvgIpc) is 2.60. The maximum atomic E-state index is 11.2. The molecule has 27 heavy (non-hydrogen) atoms. The first-order valence-corrected chi connectivity index (χ1v) is 9.99. The smallest absolute Gasteiger partial charge is 0.328 e. The normalized spacial score (nSPS) is 33.8. The Bertz CT molecular complexity index is 635. The lowest BCUT2D eigenvalue weighted by Gasteiger charge is -2.58. The third-order valence-electron chi connectivity index (χ3n) is 7.31. The number of carboxylic acid groups (broad SMARTS) is 1. The molecule has 0 spiro atoms. The molecule has 2 rings (SSSR count). The van der Waals surface area contributed by atoms with Crippen LogP contribution in [0.2, 0.25) is 0 Å². The zero-order valence-electron chi connectivity index (χ0n) is 17.1. The molecule has 2 aliphatic rings. The molecule has 5 nitrogen and oxygen atoms in total. The van der Waals surface area contributed by atoms with Crippen molar-refractivity contribution in [2.75, 3.05) is 13.2 Å². The number of esters is 1. The number of hydrogen-bond donors (Lipinski definition) is 2. The van der Waals surface area contributed by atoms with E-state index in [0.717, 1.165) is 37.7 Å². The van der Waals surface area contributed by atoms with Crippen molar-refractivity contribution < 1.29 is 24.5 Å². The molecule has 0 amide bonds. The Balaban J connectivity index is 2.22. The summed E-state index contributed by atoms with van der Waals surface area (Å²) in [6, 6.07) is 0. The fourth-order valence-electron chi connectivity index (χ4n) is 5.43. The van der Waals surface area contributed by atoms with Gasteiger partial charge in [0.15, 0.2) is 0 Å². The van der Waals surface area contributed by atoms with E-state index in [2.05, 4.69) is 26.8 Å². The fourth-order valence-corrected chi connectivity index (χ4v) is 5.43. The van der Waals surface area contributed by atoms with Crippen LogP contribution >= 0.6 is 0 Å². The number of aliphatic hydroxyl groups is 1. The number of rotatable bonds is 7. The Morgan fingerprint density at radius 3 is 2.63 bits per heavy atom. The number of fused-ring (bicyclic) bond motifs is 1. The van der Waals surface area contributed by atoms with Crippen molar-refractivity contribution in [3.63, 3.8) is 0 Å². The molecule has 4 unspecified atom stereocenters. The molecule has 4 atom stereocenters. The molecular formula is C22H34O5. The first kappa shape index (κ1) is 21.7. The Kier molecular flexibility index (Phi) is 6.90. The van der Waals surface area contributed by atoms with E-state index < -0.39 is 11.9 Å². The van der Waals surface area contributed by atoms with Gasteiger partial charge in [-0.1, -0.05) is 26.8 Å². The number of ether oxygens (including phenoxy) is 1. The number of allylic oxidation sites excluding steroid dienone is 1. The van der Waals surface area contributed by atoms with Gasteiger partial charge in [-0.25, -0.2) is 4.79 Å². The summed E-state index contributed by atoms with van der Waals surface area (Å²) in [5.74, 6) is -0.428. The zero-order valence-corrected chi connectivity index (χ0v) is 17.1. The van der Waals surface area contributed by atoms with Crippen LogP contribution in [0.3, 0.4) is 0 Å². The van der Waals surface area contributed by atoms with Gasteiger partial charge in [0.2, 0.25) is 0 Å². The van der Waals surface area contributed by atoms with Crippen LogP contribution in [0.25, 0.3) is 0 Å². The van der Waals surface area contributed by atoms with Crippen LogP contribution in [-0.4, -0.2) is 35.4 Å². The predicted octanol–water partition coefficient (Wildman–Crippen LogP) is 4.11. The number of aliphatic hydroxyl groups excluding tert-OH is 1. The average molecular weight is 379 g/mol. The van der Waals surface area contributed by atoms with E-state index in [9.17, 15) is 14.7 Å². The minimum absolute atomic E-state index is 0.0147. The topological polar surface area (TPSA) is 83.8 Å². The molecule has 0 aromatic carbocycles. The van der Waals surface area contributed by atoms with Gasteiger partial charge in [0.1, 0.15) is 6.61 Å². The number of aliphatic carboxylic acids is 1. The van der Waals surface area contributed by atoms with Gasteiger partial charge in [-0.15, -0.1) is 0 Å². The Morgan fingerprint density at radius 1 is 1.33 bits per heavy atom. The maximum Gasteiger partial charge on any atom is 0.328 e. The SMILES string of the molecule is CC(=O)OCC(=CC(=O)O)CCC1(C)C(C)CCC2(C)C(CO)=CCCC21. The highest BCUT2D eigenvalue weighted by Gasteiger charge is 2.53. The van der Waals surface area contributed by atoms with Crippen LogP contribution in [-0.2, 0) is 14.3 Å². The van der Waals surface area contributed by atoms with Crippen molar-refractivity contribution >= 4 is 11.9 Å². The quantitative estimate of drug-likeness (QED) is 0.396. The van der Waals surface area contributed by atoms with Crippen LogP contribution in [0, 0.1) is 22.7 Å². The second kappa shape index (κ2) is 8.59. The van der Waals surface area contributed by atoms with E-state index in [0.29, 0.717) is 23.8 Å². The molecule has 0 bridgehead atoms. The highest BCUT2D eigenvalue weighted by molar-refractivity contribution is 5.80. The molecule has 0 aromatic rings. The summed E-state index contributed by atoms with van der Waals surface area (Å²) < 4.78 is 5.05. The third kappa shape index (κ3) is 4.63. The molecular weight excluding hydrogens is 344 g/mol. The molecule has 1 saturated carbocycles. The second-order valence-corrected chi connectivity index (χ2v) is 8.80. The van der Waals surface area contributed by atoms with Crippen LogP contribution in [0.1, 0.15) is 66.2 Å². The van der Waals surface area contributed by atoms with Gasteiger partial charge in [-0.05, 0) is 72.3 Å². The minimum atomic E-state index is -1.01. The second-order valence-electron chi connectivity index (χ2n) is 8.80. The predicted molar refractivity (Wildman–Crippen MR) is 104 cm³/mol. The van der Waals surface area contributed by atoms with Crippen LogP contribution in [0.5, 0.6) is 0 Å². The first-order chi connectivity index (χ1) is 12.6. The lowest BCUT2D eigenvalue weighted by molar-refractivity contribution is -0.140. The summed E-state index contributed by atoms with van der Waals surface area (Å²) in [6.45, 7) is 8.40. The molecule has 152 valence electrons. The van der Waals surface area contributed by atoms with E-state index in [1.807, 2.05) is 0 Å². The molecule has 0 saturated heterocycles. The van der Waals surface area contributed by atoms with Crippen molar-refractivity contribution in [1.29, 1.82) is 0 Å². The lowest BCUT2D eigenvalue weighted by Crippen LogP contribution is -2.50. The minimum Gasteiger partial charge on any atom is -0.478 e. The Labute approximate surface area is 162 Å². The number of hydrogen-bond acceptors (Lipinski definition) is 4. The van der Waals surface area contributed by atoms with Crippen LogP contribution in [0.4, 0.5) is 0 Å². The van der Waals surface area contributed by atoms with Gasteiger partial charge in [-0.2, -0.15) is 0 Å². The highest BCUT2D eigenvalue weighted by atomic mass is 16.5. The van der Waals surface area contributed by atoms with Gasteiger partial charge in [0.05, 0.1) is 6.61 Å². The Hall–Kier alpha value is -1.62. The van der Waals surface area contributed by atoms with Gasteiger partial charge >= 0.3 is 11.9 Å². The maximum absolute atomic E-state index is 11.2. The van der Waals surface area contributed by atoms with Gasteiger partial charge < -0.3 is 14.9 Å². The van der Waals surface area contributed by atoms with Crippen LogP contribution < -0.4 is 0 Å². The molecule has 0 aromatic heterocycles. The summed E-state index contributed by atoms with van der Waals surface area (Å²) in [7, 11) is 0. The summed E-state index contributed by atoms with van der Waals surface area (Å²) >= 11 is 0. The van der Waals surface area contributed by atoms with E-state index >= 15 is 0 Å². The molecule has 1 fully saturated rings. The molecule has 0 aliphatic heterocycles. The van der Waals surface area contributed by atoms with Gasteiger partial charge in [0, 0.05) is 13.0 Å². The Morgan fingerprint density at radius 2 is 2.04 bits per heavy atom. The molecule has 2 N–H and O–H groups in total. The fraction of sp³-hybridized carbons (Fsp3) is 0.727. The van der Waals surface area contributed by atoms with Crippen molar-refractivity contribution in [2.45, 2.75) is 66.2 Å².